The Hall–Kier alpha value is -2.53. The fraction of sp³-hybridized carbons (Fsp3) is 0.0667. The number of ether oxygens (including phenoxy) is 1. The van der Waals surface area contributed by atoms with E-state index < -0.39 is 18.5 Å². The first-order valence-corrected chi connectivity index (χ1v) is 6.51. The first kappa shape index (κ1) is 14.9. The molecule has 0 aliphatic rings. The lowest BCUT2D eigenvalue weighted by Crippen LogP contribution is -2.21. The molecule has 108 valence electrons. The molecule has 0 fully saturated rings. The minimum Gasteiger partial charge on any atom is -0.452 e. The van der Waals surface area contributed by atoms with Crippen molar-refractivity contribution in [2.45, 2.75) is 0 Å². The normalized spacial score (nSPS) is 9.95. The lowest BCUT2D eigenvalue weighted by atomic mass is 10.2. The van der Waals surface area contributed by atoms with Crippen molar-refractivity contribution in [1.29, 1.82) is 0 Å². The van der Waals surface area contributed by atoms with Gasteiger partial charge in [0.05, 0.1) is 5.56 Å². The average Bonchev–Trinajstić information content (AvgIpc) is 2.45. The second-order valence-corrected chi connectivity index (χ2v) is 4.66. The van der Waals surface area contributed by atoms with Gasteiger partial charge in [0, 0.05) is 16.4 Å². The van der Waals surface area contributed by atoms with Crippen LogP contribution in [0.15, 0.2) is 48.5 Å². The number of hydrogen-bond acceptors (Lipinski definition) is 4. The van der Waals surface area contributed by atoms with Crippen molar-refractivity contribution in [3.05, 3.63) is 59.1 Å². The lowest BCUT2D eigenvalue weighted by molar-refractivity contribution is -0.119. The van der Waals surface area contributed by atoms with E-state index in [0.717, 1.165) is 0 Å². The molecule has 2 aromatic rings. The molecule has 0 saturated carbocycles. The van der Waals surface area contributed by atoms with E-state index in [2.05, 4.69) is 5.32 Å². The van der Waals surface area contributed by atoms with Crippen molar-refractivity contribution in [2.75, 3.05) is 17.7 Å². The minimum absolute atomic E-state index is 0.230. The van der Waals surface area contributed by atoms with Gasteiger partial charge in [-0.3, -0.25) is 4.79 Å². The highest BCUT2D eigenvalue weighted by atomic mass is 35.5. The monoisotopic (exact) mass is 304 g/mol. The first-order chi connectivity index (χ1) is 10.1. The van der Waals surface area contributed by atoms with Crippen LogP contribution in [0.5, 0.6) is 0 Å². The van der Waals surface area contributed by atoms with Gasteiger partial charge in [-0.15, -0.1) is 0 Å². The standard InChI is InChI=1S/C15H13ClN2O3/c16-10-4-3-5-11(8-10)18-14(19)9-21-15(20)12-6-1-2-7-13(12)17/h1-8H,9,17H2,(H,18,19). The number of para-hydroxylation sites is 1. The Morgan fingerprint density at radius 3 is 2.62 bits per heavy atom. The Balaban J connectivity index is 1.90. The fourth-order valence-corrected chi connectivity index (χ4v) is 1.85. The molecule has 1 amide bonds. The van der Waals surface area contributed by atoms with E-state index >= 15 is 0 Å². The van der Waals surface area contributed by atoms with Crippen molar-refractivity contribution in [3.8, 4) is 0 Å². The fourth-order valence-electron chi connectivity index (χ4n) is 1.66. The number of nitrogens with two attached hydrogens (primary N) is 1. The summed E-state index contributed by atoms with van der Waals surface area (Å²) in [7, 11) is 0. The molecule has 0 aromatic heterocycles. The van der Waals surface area contributed by atoms with E-state index in [1.807, 2.05) is 0 Å². The summed E-state index contributed by atoms with van der Waals surface area (Å²) in [5.41, 5.74) is 6.72. The average molecular weight is 305 g/mol. The Labute approximate surface area is 126 Å². The van der Waals surface area contributed by atoms with Crippen LogP contribution in [0.25, 0.3) is 0 Å². The number of hydrogen-bond donors (Lipinski definition) is 2. The zero-order valence-corrected chi connectivity index (χ0v) is 11.8. The number of nitrogen functional groups attached to an aromatic ring is 1. The van der Waals surface area contributed by atoms with Gasteiger partial charge in [0.1, 0.15) is 0 Å². The number of benzene rings is 2. The van der Waals surface area contributed by atoms with Gasteiger partial charge in [0.25, 0.3) is 5.91 Å². The van der Waals surface area contributed by atoms with Gasteiger partial charge in [-0.1, -0.05) is 29.8 Å². The maximum absolute atomic E-state index is 11.8. The van der Waals surface area contributed by atoms with Crippen molar-refractivity contribution >= 4 is 34.9 Å². The quantitative estimate of drug-likeness (QED) is 0.672. The van der Waals surface area contributed by atoms with Gasteiger partial charge in [-0.05, 0) is 30.3 Å². The molecule has 0 aliphatic carbocycles. The topological polar surface area (TPSA) is 81.4 Å². The number of rotatable bonds is 4. The molecule has 0 aliphatic heterocycles. The van der Waals surface area contributed by atoms with E-state index in [9.17, 15) is 9.59 Å². The van der Waals surface area contributed by atoms with Gasteiger partial charge < -0.3 is 15.8 Å². The molecular weight excluding hydrogens is 292 g/mol. The number of carbonyl (C=O) groups is 2. The minimum atomic E-state index is -0.644. The van der Waals surface area contributed by atoms with Crippen LogP contribution < -0.4 is 11.1 Å². The van der Waals surface area contributed by atoms with Gasteiger partial charge in [-0.25, -0.2) is 4.79 Å². The molecule has 0 bridgehead atoms. The van der Waals surface area contributed by atoms with Crippen LogP contribution >= 0.6 is 11.6 Å². The van der Waals surface area contributed by atoms with E-state index in [4.69, 9.17) is 22.1 Å². The Bertz CT molecular complexity index is 673. The molecule has 21 heavy (non-hydrogen) atoms. The number of esters is 1. The van der Waals surface area contributed by atoms with Gasteiger partial charge in [0.2, 0.25) is 0 Å². The SMILES string of the molecule is Nc1ccccc1C(=O)OCC(=O)Nc1cccc(Cl)c1. The van der Waals surface area contributed by atoms with Crippen LogP contribution in [0, 0.1) is 0 Å². The van der Waals surface area contributed by atoms with E-state index in [-0.39, 0.29) is 5.56 Å². The summed E-state index contributed by atoms with van der Waals surface area (Å²) < 4.78 is 4.91. The highest BCUT2D eigenvalue weighted by molar-refractivity contribution is 6.30. The molecule has 5 nitrogen and oxygen atoms in total. The summed E-state index contributed by atoms with van der Waals surface area (Å²) in [5, 5.41) is 3.07. The third-order valence-electron chi connectivity index (χ3n) is 2.62. The van der Waals surface area contributed by atoms with Gasteiger partial charge in [-0.2, -0.15) is 0 Å². The summed E-state index contributed by atoms with van der Waals surface area (Å²) in [6, 6.07) is 13.2. The molecule has 6 heteroatoms. The molecule has 3 N–H and O–H groups in total. The van der Waals surface area contributed by atoms with Crippen molar-refractivity contribution in [3.63, 3.8) is 0 Å². The smallest absolute Gasteiger partial charge is 0.340 e. The van der Waals surface area contributed by atoms with Crippen LogP contribution in [-0.2, 0) is 9.53 Å². The van der Waals surface area contributed by atoms with Crippen LogP contribution in [-0.4, -0.2) is 18.5 Å². The zero-order valence-electron chi connectivity index (χ0n) is 11.0. The molecule has 0 radical (unpaired) electrons. The molecular formula is C15H13ClN2O3. The van der Waals surface area contributed by atoms with E-state index in [1.54, 1.807) is 42.5 Å². The second kappa shape index (κ2) is 6.76. The maximum atomic E-state index is 11.8. The molecule has 2 rings (SSSR count). The van der Waals surface area contributed by atoms with Gasteiger partial charge in [0.15, 0.2) is 6.61 Å². The third-order valence-corrected chi connectivity index (χ3v) is 2.86. The molecule has 2 aromatic carbocycles. The summed E-state index contributed by atoms with van der Waals surface area (Å²) in [5.74, 6) is -1.10. The summed E-state index contributed by atoms with van der Waals surface area (Å²) in [6.07, 6.45) is 0. The first-order valence-electron chi connectivity index (χ1n) is 6.13. The molecule has 0 saturated heterocycles. The lowest BCUT2D eigenvalue weighted by Gasteiger charge is -2.08. The van der Waals surface area contributed by atoms with Crippen LogP contribution in [0.1, 0.15) is 10.4 Å². The maximum Gasteiger partial charge on any atom is 0.340 e. The number of amides is 1. The van der Waals surface area contributed by atoms with Crippen molar-refractivity contribution in [2.24, 2.45) is 0 Å². The predicted molar refractivity (Wildman–Crippen MR) is 81.2 cm³/mol. The number of halogens is 1. The Morgan fingerprint density at radius 1 is 1.14 bits per heavy atom. The molecule has 0 spiro atoms. The van der Waals surface area contributed by atoms with Crippen LogP contribution in [0.4, 0.5) is 11.4 Å². The van der Waals surface area contributed by atoms with Gasteiger partial charge >= 0.3 is 5.97 Å². The highest BCUT2D eigenvalue weighted by Gasteiger charge is 2.12. The number of anilines is 2. The number of carbonyl (C=O) groups excluding carboxylic acids is 2. The zero-order chi connectivity index (χ0) is 15.2. The summed E-state index contributed by atoms with van der Waals surface area (Å²) in [4.78, 5) is 23.5. The molecule has 0 heterocycles. The highest BCUT2D eigenvalue weighted by Crippen LogP contribution is 2.15. The largest absolute Gasteiger partial charge is 0.452 e. The van der Waals surface area contributed by atoms with Crippen LogP contribution in [0.3, 0.4) is 0 Å². The molecule has 0 unspecified atom stereocenters. The molecule has 0 atom stereocenters. The second-order valence-electron chi connectivity index (χ2n) is 4.22. The summed E-state index contributed by atoms with van der Waals surface area (Å²) in [6.45, 7) is -0.403. The van der Waals surface area contributed by atoms with E-state index in [0.29, 0.717) is 16.4 Å². The Morgan fingerprint density at radius 2 is 1.90 bits per heavy atom. The van der Waals surface area contributed by atoms with E-state index in [1.165, 1.54) is 6.07 Å². The summed E-state index contributed by atoms with van der Waals surface area (Å²) >= 11 is 5.80. The predicted octanol–water partition coefficient (Wildman–Crippen LogP) is 2.72. The van der Waals surface area contributed by atoms with Crippen molar-refractivity contribution in [1.82, 2.24) is 0 Å². The third kappa shape index (κ3) is 4.22. The Kier molecular flexibility index (Phi) is 4.79. The van der Waals surface area contributed by atoms with Crippen LogP contribution in [0.2, 0.25) is 5.02 Å². The number of nitrogens with one attached hydrogen (secondary N) is 1. The van der Waals surface area contributed by atoms with Crippen molar-refractivity contribution < 1.29 is 14.3 Å².